The molecule has 0 atom stereocenters. The summed E-state index contributed by atoms with van der Waals surface area (Å²) in [6, 6.07) is 15.2. The first-order valence-electron chi connectivity index (χ1n) is 8.47. The minimum Gasteiger partial charge on any atom is -0.497 e. The van der Waals surface area contributed by atoms with Crippen molar-refractivity contribution < 1.29 is 19.0 Å². The van der Waals surface area contributed by atoms with Crippen molar-refractivity contribution in [3.8, 4) is 17.2 Å². The van der Waals surface area contributed by atoms with Gasteiger partial charge in [0, 0.05) is 6.54 Å². The maximum atomic E-state index is 11.9. The Morgan fingerprint density at radius 3 is 2.32 bits per heavy atom. The van der Waals surface area contributed by atoms with Gasteiger partial charge in [-0.15, -0.1) is 0 Å². The fraction of sp³-hybridized carbons (Fsp3) is 0.350. The number of methoxy groups -OCH3 is 1. The summed E-state index contributed by atoms with van der Waals surface area (Å²) in [7, 11) is 1.64. The first kappa shape index (κ1) is 18.6. The van der Waals surface area contributed by atoms with Crippen molar-refractivity contribution in [2.75, 3.05) is 26.9 Å². The van der Waals surface area contributed by atoms with Gasteiger partial charge in [-0.2, -0.15) is 0 Å². The van der Waals surface area contributed by atoms with E-state index in [1.54, 1.807) is 13.2 Å². The maximum Gasteiger partial charge on any atom is 0.257 e. The molecule has 0 radical (unpaired) electrons. The van der Waals surface area contributed by atoms with E-state index in [1.807, 2.05) is 49.4 Å². The standard InChI is InChI=1S/C20H25NO4/c1-3-14-24-18-6-4-5-7-19(18)25-15-20(22)21-13-12-16-8-10-17(23-2)11-9-16/h4-11H,3,12-15H2,1-2H3,(H,21,22). The number of para-hydroxylation sites is 2. The monoisotopic (exact) mass is 343 g/mol. The summed E-state index contributed by atoms with van der Waals surface area (Å²) >= 11 is 0. The zero-order valence-electron chi connectivity index (χ0n) is 14.8. The van der Waals surface area contributed by atoms with Crippen molar-refractivity contribution in [2.45, 2.75) is 19.8 Å². The number of carbonyl (C=O) groups excluding carboxylic acids is 1. The Kier molecular flexibility index (Phi) is 7.63. The lowest BCUT2D eigenvalue weighted by atomic mass is 10.1. The molecule has 2 rings (SSSR count). The van der Waals surface area contributed by atoms with Crippen LogP contribution in [0.2, 0.25) is 0 Å². The topological polar surface area (TPSA) is 56.8 Å². The second-order valence-corrected chi connectivity index (χ2v) is 5.53. The first-order chi connectivity index (χ1) is 12.2. The summed E-state index contributed by atoms with van der Waals surface area (Å²) in [5.41, 5.74) is 1.14. The Bertz CT molecular complexity index is 655. The van der Waals surface area contributed by atoms with Crippen LogP contribution in [-0.4, -0.2) is 32.8 Å². The highest BCUT2D eigenvalue weighted by Crippen LogP contribution is 2.26. The third-order valence-electron chi connectivity index (χ3n) is 3.56. The van der Waals surface area contributed by atoms with Gasteiger partial charge in [0.1, 0.15) is 5.75 Å². The van der Waals surface area contributed by atoms with Gasteiger partial charge >= 0.3 is 0 Å². The summed E-state index contributed by atoms with van der Waals surface area (Å²) in [6.07, 6.45) is 1.67. The van der Waals surface area contributed by atoms with Gasteiger partial charge in [0.25, 0.3) is 5.91 Å². The molecule has 0 saturated heterocycles. The van der Waals surface area contributed by atoms with Gasteiger partial charge in [0.15, 0.2) is 18.1 Å². The highest BCUT2D eigenvalue weighted by Gasteiger charge is 2.07. The molecule has 5 heteroatoms. The number of nitrogens with one attached hydrogen (secondary N) is 1. The fourth-order valence-corrected chi connectivity index (χ4v) is 2.23. The molecule has 2 aromatic rings. The van der Waals surface area contributed by atoms with E-state index in [0.717, 1.165) is 24.2 Å². The largest absolute Gasteiger partial charge is 0.497 e. The quantitative estimate of drug-likeness (QED) is 0.720. The smallest absolute Gasteiger partial charge is 0.257 e. The van der Waals surface area contributed by atoms with E-state index in [0.29, 0.717) is 24.7 Å². The first-order valence-corrected chi connectivity index (χ1v) is 8.47. The molecule has 0 fully saturated rings. The summed E-state index contributed by atoms with van der Waals surface area (Å²) < 4.78 is 16.3. The molecule has 2 aromatic carbocycles. The van der Waals surface area contributed by atoms with Gasteiger partial charge in [0.2, 0.25) is 0 Å². The van der Waals surface area contributed by atoms with Crippen molar-refractivity contribution in [2.24, 2.45) is 0 Å². The predicted octanol–water partition coefficient (Wildman–Crippen LogP) is 3.22. The van der Waals surface area contributed by atoms with E-state index < -0.39 is 0 Å². The third-order valence-corrected chi connectivity index (χ3v) is 3.56. The number of hydrogen-bond acceptors (Lipinski definition) is 4. The number of carbonyl (C=O) groups is 1. The molecule has 0 aliphatic heterocycles. The number of ether oxygens (including phenoxy) is 3. The SMILES string of the molecule is CCCOc1ccccc1OCC(=O)NCCc1ccc(OC)cc1. The molecule has 1 amide bonds. The second kappa shape index (κ2) is 10.2. The number of benzene rings is 2. The van der Waals surface area contributed by atoms with E-state index >= 15 is 0 Å². The van der Waals surface area contributed by atoms with E-state index in [4.69, 9.17) is 14.2 Å². The Morgan fingerprint density at radius 1 is 1.00 bits per heavy atom. The van der Waals surface area contributed by atoms with Crippen molar-refractivity contribution in [3.63, 3.8) is 0 Å². The minimum atomic E-state index is -0.154. The summed E-state index contributed by atoms with van der Waals surface area (Å²) in [4.78, 5) is 11.9. The molecule has 5 nitrogen and oxygen atoms in total. The van der Waals surface area contributed by atoms with Gasteiger partial charge in [-0.05, 0) is 42.7 Å². The molecule has 0 aliphatic carbocycles. The van der Waals surface area contributed by atoms with Gasteiger partial charge in [-0.1, -0.05) is 31.2 Å². The van der Waals surface area contributed by atoms with Crippen LogP contribution in [-0.2, 0) is 11.2 Å². The number of hydrogen-bond donors (Lipinski definition) is 1. The Morgan fingerprint density at radius 2 is 1.68 bits per heavy atom. The van der Waals surface area contributed by atoms with Crippen LogP contribution in [0.3, 0.4) is 0 Å². The van der Waals surface area contributed by atoms with Gasteiger partial charge in [0.05, 0.1) is 13.7 Å². The maximum absolute atomic E-state index is 11.9. The average molecular weight is 343 g/mol. The zero-order valence-corrected chi connectivity index (χ0v) is 14.8. The van der Waals surface area contributed by atoms with Crippen molar-refractivity contribution in [1.82, 2.24) is 5.32 Å². The molecule has 1 N–H and O–H groups in total. The van der Waals surface area contributed by atoms with Crippen LogP contribution in [0.5, 0.6) is 17.2 Å². The molecule has 25 heavy (non-hydrogen) atoms. The van der Waals surface area contributed by atoms with Crippen LogP contribution in [0, 0.1) is 0 Å². The van der Waals surface area contributed by atoms with Crippen LogP contribution >= 0.6 is 0 Å². The molecule has 0 saturated carbocycles. The molecule has 0 aliphatic rings. The normalized spacial score (nSPS) is 10.2. The molecular weight excluding hydrogens is 318 g/mol. The van der Waals surface area contributed by atoms with Crippen molar-refractivity contribution in [1.29, 1.82) is 0 Å². The summed E-state index contributed by atoms with van der Waals surface area (Å²) in [5, 5.41) is 2.86. The molecule has 0 spiro atoms. The minimum absolute atomic E-state index is 0.0326. The number of rotatable bonds is 10. The van der Waals surface area contributed by atoms with Crippen molar-refractivity contribution in [3.05, 3.63) is 54.1 Å². The van der Waals surface area contributed by atoms with Gasteiger partial charge in [-0.25, -0.2) is 0 Å². The highest BCUT2D eigenvalue weighted by molar-refractivity contribution is 5.77. The lowest BCUT2D eigenvalue weighted by molar-refractivity contribution is -0.123. The van der Waals surface area contributed by atoms with Gasteiger partial charge in [-0.3, -0.25) is 4.79 Å². The van der Waals surface area contributed by atoms with Crippen LogP contribution in [0.25, 0.3) is 0 Å². The number of amides is 1. The van der Waals surface area contributed by atoms with Crippen LogP contribution in [0.1, 0.15) is 18.9 Å². The van der Waals surface area contributed by atoms with Gasteiger partial charge < -0.3 is 19.5 Å². The third kappa shape index (κ3) is 6.37. The molecule has 0 unspecified atom stereocenters. The fourth-order valence-electron chi connectivity index (χ4n) is 2.23. The molecule has 0 bridgehead atoms. The van der Waals surface area contributed by atoms with Crippen LogP contribution in [0.15, 0.2) is 48.5 Å². The van der Waals surface area contributed by atoms with E-state index in [2.05, 4.69) is 5.32 Å². The molecule has 0 heterocycles. The Hall–Kier alpha value is -2.69. The molecule has 0 aromatic heterocycles. The second-order valence-electron chi connectivity index (χ2n) is 5.53. The van der Waals surface area contributed by atoms with E-state index in [1.165, 1.54) is 0 Å². The predicted molar refractivity (Wildman–Crippen MR) is 97.4 cm³/mol. The highest BCUT2D eigenvalue weighted by atomic mass is 16.5. The summed E-state index contributed by atoms with van der Waals surface area (Å²) in [5.74, 6) is 1.92. The Labute approximate surface area is 148 Å². The average Bonchev–Trinajstić information content (AvgIpc) is 2.66. The molecular formula is C20H25NO4. The lowest BCUT2D eigenvalue weighted by Gasteiger charge is -2.12. The Balaban J connectivity index is 1.73. The lowest BCUT2D eigenvalue weighted by Crippen LogP contribution is -2.30. The van der Waals surface area contributed by atoms with E-state index in [-0.39, 0.29) is 12.5 Å². The van der Waals surface area contributed by atoms with Crippen molar-refractivity contribution >= 4 is 5.91 Å². The van der Waals surface area contributed by atoms with Crippen LogP contribution < -0.4 is 19.5 Å². The molecule has 134 valence electrons. The van der Waals surface area contributed by atoms with Crippen LogP contribution in [0.4, 0.5) is 0 Å². The van der Waals surface area contributed by atoms with E-state index in [9.17, 15) is 4.79 Å². The summed E-state index contributed by atoms with van der Waals surface area (Å²) in [6.45, 7) is 3.19. The zero-order chi connectivity index (χ0) is 17.9.